The number of carbonyl (C=O) groups excluding carboxylic acids is 3. The molecular formula is C15H14N4O4. The molecule has 0 atom stereocenters. The van der Waals surface area contributed by atoms with Crippen LogP contribution in [0.4, 0.5) is 5.69 Å². The van der Waals surface area contributed by atoms with Gasteiger partial charge in [0.2, 0.25) is 0 Å². The molecule has 5 N–H and O–H groups in total. The first-order valence-corrected chi connectivity index (χ1v) is 6.54. The van der Waals surface area contributed by atoms with Gasteiger partial charge in [0.1, 0.15) is 5.75 Å². The zero-order valence-electron chi connectivity index (χ0n) is 11.9. The summed E-state index contributed by atoms with van der Waals surface area (Å²) in [6, 6.07) is 14.8. The summed E-state index contributed by atoms with van der Waals surface area (Å²) in [5.74, 6) is 2.77. The zero-order valence-corrected chi connectivity index (χ0v) is 11.9. The minimum atomic E-state index is -0.981. The molecule has 0 heterocycles. The third-order valence-electron chi connectivity index (χ3n) is 2.73. The van der Waals surface area contributed by atoms with E-state index in [2.05, 4.69) is 10.9 Å². The Morgan fingerprint density at radius 1 is 0.870 bits per heavy atom. The standard InChI is InChI=1S/C15H14N4O4/c16-17-13(20)14(21)19-18-11-6-8-12(9-7-11)23-15(22)10-4-2-1-3-5-10/h1-9,18H,16H2,(H,17,20)(H,19,21). The van der Waals surface area contributed by atoms with Crippen LogP contribution in [0.5, 0.6) is 5.75 Å². The maximum absolute atomic E-state index is 11.9. The molecule has 0 radical (unpaired) electrons. The molecule has 0 unspecified atom stereocenters. The molecule has 8 heteroatoms. The van der Waals surface area contributed by atoms with Gasteiger partial charge in [-0.3, -0.25) is 25.9 Å². The van der Waals surface area contributed by atoms with Gasteiger partial charge < -0.3 is 4.74 Å². The topological polar surface area (TPSA) is 123 Å². The number of carbonyl (C=O) groups is 3. The van der Waals surface area contributed by atoms with E-state index >= 15 is 0 Å². The summed E-state index contributed by atoms with van der Waals surface area (Å²) in [5, 5.41) is 0. The lowest BCUT2D eigenvalue weighted by Gasteiger charge is -2.08. The summed E-state index contributed by atoms with van der Waals surface area (Å²) in [5.41, 5.74) is 7.29. The summed E-state index contributed by atoms with van der Waals surface area (Å²) < 4.78 is 5.20. The van der Waals surface area contributed by atoms with Crippen molar-refractivity contribution in [2.24, 2.45) is 5.84 Å². The van der Waals surface area contributed by atoms with Crippen molar-refractivity contribution in [1.82, 2.24) is 10.9 Å². The van der Waals surface area contributed by atoms with Crippen LogP contribution in [-0.4, -0.2) is 17.8 Å². The molecule has 0 saturated carbocycles. The van der Waals surface area contributed by atoms with Crippen LogP contribution < -0.4 is 26.9 Å². The SMILES string of the molecule is NNC(=O)C(=O)NNc1ccc(OC(=O)c2ccccc2)cc1. The second kappa shape index (κ2) is 7.57. The Balaban J connectivity index is 1.91. The molecular weight excluding hydrogens is 300 g/mol. The molecule has 0 saturated heterocycles. The molecule has 23 heavy (non-hydrogen) atoms. The molecule has 0 aliphatic rings. The third kappa shape index (κ3) is 4.55. The Morgan fingerprint density at radius 2 is 1.52 bits per heavy atom. The lowest BCUT2D eigenvalue weighted by atomic mass is 10.2. The van der Waals surface area contributed by atoms with Crippen LogP contribution >= 0.6 is 0 Å². The quantitative estimate of drug-likeness (QED) is 0.161. The summed E-state index contributed by atoms with van der Waals surface area (Å²) in [6.45, 7) is 0. The number of ether oxygens (including phenoxy) is 1. The summed E-state index contributed by atoms with van der Waals surface area (Å²) in [7, 11) is 0. The highest BCUT2D eigenvalue weighted by Gasteiger charge is 2.11. The molecule has 8 nitrogen and oxygen atoms in total. The fourth-order valence-electron chi connectivity index (χ4n) is 1.60. The van der Waals surface area contributed by atoms with Gasteiger partial charge in [-0.2, -0.15) is 0 Å². The minimum absolute atomic E-state index is 0.343. The summed E-state index contributed by atoms with van der Waals surface area (Å²) in [6.07, 6.45) is 0. The molecule has 0 bridgehead atoms. The van der Waals surface area contributed by atoms with Crippen LogP contribution in [0, 0.1) is 0 Å². The summed E-state index contributed by atoms with van der Waals surface area (Å²) >= 11 is 0. The summed E-state index contributed by atoms with van der Waals surface area (Å²) in [4.78, 5) is 34.0. The number of hydrogen-bond donors (Lipinski definition) is 4. The maximum atomic E-state index is 11.9. The Bertz CT molecular complexity index is 701. The van der Waals surface area contributed by atoms with Crippen LogP contribution in [0.1, 0.15) is 10.4 Å². The second-order valence-corrected chi connectivity index (χ2v) is 4.33. The van der Waals surface area contributed by atoms with Gasteiger partial charge in [0, 0.05) is 0 Å². The predicted molar refractivity (Wildman–Crippen MR) is 81.9 cm³/mol. The molecule has 0 spiro atoms. The highest BCUT2D eigenvalue weighted by atomic mass is 16.5. The number of hydrogen-bond acceptors (Lipinski definition) is 6. The number of hydrazine groups is 2. The molecule has 2 aromatic carbocycles. The number of nitrogens with one attached hydrogen (secondary N) is 3. The molecule has 0 aromatic heterocycles. The van der Waals surface area contributed by atoms with Gasteiger partial charge in [-0.15, -0.1) is 0 Å². The molecule has 2 rings (SSSR count). The number of anilines is 1. The largest absolute Gasteiger partial charge is 0.423 e. The normalized spacial score (nSPS) is 9.61. The molecule has 2 amide bonds. The van der Waals surface area contributed by atoms with Crippen molar-refractivity contribution in [2.45, 2.75) is 0 Å². The number of amides is 2. The van der Waals surface area contributed by atoms with Crippen molar-refractivity contribution in [2.75, 3.05) is 5.43 Å². The highest BCUT2D eigenvalue weighted by molar-refractivity contribution is 6.35. The van der Waals surface area contributed by atoms with E-state index in [-0.39, 0.29) is 0 Å². The number of esters is 1. The highest BCUT2D eigenvalue weighted by Crippen LogP contribution is 2.16. The van der Waals surface area contributed by atoms with Crippen molar-refractivity contribution in [3.8, 4) is 5.75 Å². The first kappa shape index (κ1) is 16.0. The average molecular weight is 314 g/mol. The van der Waals surface area contributed by atoms with Crippen molar-refractivity contribution in [1.29, 1.82) is 0 Å². The van der Waals surface area contributed by atoms with Gasteiger partial charge in [0.15, 0.2) is 0 Å². The third-order valence-corrected chi connectivity index (χ3v) is 2.73. The van der Waals surface area contributed by atoms with Gasteiger partial charge in [0.25, 0.3) is 0 Å². The average Bonchev–Trinajstić information content (AvgIpc) is 2.60. The van der Waals surface area contributed by atoms with Gasteiger partial charge in [0.05, 0.1) is 11.3 Å². The molecule has 2 aromatic rings. The van der Waals surface area contributed by atoms with Crippen LogP contribution in [0.3, 0.4) is 0 Å². The maximum Gasteiger partial charge on any atom is 0.343 e. The monoisotopic (exact) mass is 314 g/mol. The number of rotatable bonds is 4. The molecule has 0 aliphatic heterocycles. The Labute approximate surface area is 131 Å². The van der Waals surface area contributed by atoms with E-state index in [1.165, 1.54) is 0 Å². The zero-order chi connectivity index (χ0) is 16.7. The van der Waals surface area contributed by atoms with E-state index in [4.69, 9.17) is 10.6 Å². The van der Waals surface area contributed by atoms with E-state index in [1.54, 1.807) is 60.0 Å². The fraction of sp³-hybridized carbons (Fsp3) is 0. The first-order chi connectivity index (χ1) is 11.1. The Kier molecular flexibility index (Phi) is 5.26. The van der Waals surface area contributed by atoms with Crippen LogP contribution in [0.15, 0.2) is 54.6 Å². The lowest BCUT2D eigenvalue weighted by Crippen LogP contribution is -2.45. The molecule has 0 aliphatic carbocycles. The van der Waals surface area contributed by atoms with E-state index in [1.807, 2.05) is 0 Å². The minimum Gasteiger partial charge on any atom is -0.423 e. The Morgan fingerprint density at radius 3 is 2.13 bits per heavy atom. The van der Waals surface area contributed by atoms with Gasteiger partial charge in [-0.25, -0.2) is 10.6 Å². The first-order valence-electron chi connectivity index (χ1n) is 6.54. The van der Waals surface area contributed by atoms with Gasteiger partial charge in [-0.05, 0) is 36.4 Å². The molecule has 118 valence electrons. The van der Waals surface area contributed by atoms with Crippen LogP contribution in [0.2, 0.25) is 0 Å². The number of benzene rings is 2. The van der Waals surface area contributed by atoms with Crippen molar-refractivity contribution >= 4 is 23.5 Å². The van der Waals surface area contributed by atoms with E-state index in [0.29, 0.717) is 17.0 Å². The smallest absolute Gasteiger partial charge is 0.343 e. The second-order valence-electron chi connectivity index (χ2n) is 4.33. The number of nitrogens with two attached hydrogens (primary N) is 1. The predicted octanol–water partition coefficient (Wildman–Crippen LogP) is 0.339. The Hall–Kier alpha value is -3.39. The van der Waals surface area contributed by atoms with Gasteiger partial charge in [-0.1, -0.05) is 18.2 Å². The van der Waals surface area contributed by atoms with Gasteiger partial charge >= 0.3 is 17.8 Å². The van der Waals surface area contributed by atoms with Crippen molar-refractivity contribution in [3.63, 3.8) is 0 Å². The molecule has 0 fully saturated rings. The lowest BCUT2D eigenvalue weighted by molar-refractivity contribution is -0.138. The fourth-order valence-corrected chi connectivity index (χ4v) is 1.60. The van der Waals surface area contributed by atoms with E-state index in [9.17, 15) is 14.4 Å². The van der Waals surface area contributed by atoms with Crippen molar-refractivity contribution < 1.29 is 19.1 Å². The van der Waals surface area contributed by atoms with Crippen LogP contribution in [-0.2, 0) is 9.59 Å². The van der Waals surface area contributed by atoms with E-state index < -0.39 is 17.8 Å². The van der Waals surface area contributed by atoms with E-state index in [0.717, 1.165) is 0 Å². The van der Waals surface area contributed by atoms with Crippen molar-refractivity contribution in [3.05, 3.63) is 60.2 Å². The van der Waals surface area contributed by atoms with Crippen LogP contribution in [0.25, 0.3) is 0 Å².